The summed E-state index contributed by atoms with van der Waals surface area (Å²) in [6, 6.07) is 5.32. The van der Waals surface area contributed by atoms with Crippen LogP contribution in [0.4, 0.5) is 0 Å². The molecule has 0 bridgehead atoms. The van der Waals surface area contributed by atoms with Crippen LogP contribution in [0.2, 0.25) is 10.0 Å². The number of rotatable bonds is 1. The van der Waals surface area contributed by atoms with Crippen molar-refractivity contribution in [2.75, 3.05) is 12.3 Å². The minimum absolute atomic E-state index is 0.213. The van der Waals surface area contributed by atoms with E-state index in [-0.39, 0.29) is 11.0 Å². The maximum atomic E-state index is 12.3. The number of amides is 1. The Morgan fingerprint density at radius 2 is 2.18 bits per heavy atom. The van der Waals surface area contributed by atoms with Crippen molar-refractivity contribution in [2.24, 2.45) is 4.99 Å². The molecule has 1 aliphatic heterocycles. The SMILES string of the molecule is O=C(NC(=S)NC1=NCCS1)c1sc2cc(Cl)ccc2c1Cl. The molecule has 0 radical (unpaired) electrons. The number of thioether (sulfide) groups is 1. The first-order valence-corrected chi connectivity index (χ1v) is 9.18. The fourth-order valence-electron chi connectivity index (χ4n) is 1.88. The van der Waals surface area contributed by atoms with Crippen LogP contribution < -0.4 is 10.6 Å². The van der Waals surface area contributed by atoms with Crippen molar-refractivity contribution >= 4 is 84.8 Å². The second-order valence-electron chi connectivity index (χ2n) is 4.33. The van der Waals surface area contributed by atoms with E-state index in [2.05, 4.69) is 15.6 Å². The molecule has 0 aliphatic carbocycles. The van der Waals surface area contributed by atoms with Gasteiger partial charge in [0.15, 0.2) is 10.3 Å². The van der Waals surface area contributed by atoms with Crippen LogP contribution in [-0.2, 0) is 0 Å². The third kappa shape index (κ3) is 3.38. The van der Waals surface area contributed by atoms with Crippen LogP contribution in [0.1, 0.15) is 9.67 Å². The van der Waals surface area contributed by atoms with Crippen molar-refractivity contribution in [2.45, 2.75) is 0 Å². The Bertz CT molecular complexity index is 803. The maximum absolute atomic E-state index is 12.3. The fourth-order valence-corrected chi connectivity index (χ4v) is 4.56. The van der Waals surface area contributed by atoms with Gasteiger partial charge in [-0.2, -0.15) is 0 Å². The molecule has 114 valence electrons. The van der Waals surface area contributed by atoms with E-state index in [0.29, 0.717) is 14.9 Å². The van der Waals surface area contributed by atoms with Crippen molar-refractivity contribution < 1.29 is 4.79 Å². The topological polar surface area (TPSA) is 53.5 Å². The molecule has 1 aromatic carbocycles. The number of carbonyl (C=O) groups excluding carboxylic acids is 1. The highest BCUT2D eigenvalue weighted by Gasteiger charge is 2.19. The Hall–Kier alpha value is -0.860. The maximum Gasteiger partial charge on any atom is 0.269 e. The lowest BCUT2D eigenvalue weighted by atomic mass is 10.2. The van der Waals surface area contributed by atoms with E-state index in [1.165, 1.54) is 11.3 Å². The number of amidine groups is 1. The number of halogens is 2. The molecule has 1 amide bonds. The number of thiocarbonyl (C=S) groups is 1. The molecule has 22 heavy (non-hydrogen) atoms. The summed E-state index contributed by atoms with van der Waals surface area (Å²) in [5, 5.41) is 8.26. The summed E-state index contributed by atoms with van der Waals surface area (Å²) in [5.41, 5.74) is 0. The van der Waals surface area contributed by atoms with E-state index in [1.807, 2.05) is 0 Å². The van der Waals surface area contributed by atoms with Gasteiger partial charge in [-0.25, -0.2) is 0 Å². The molecular formula is C13H9Cl2N3OS3. The molecule has 2 aromatic rings. The smallest absolute Gasteiger partial charge is 0.269 e. The third-order valence-electron chi connectivity index (χ3n) is 2.83. The largest absolute Gasteiger partial charge is 0.312 e. The first kappa shape index (κ1) is 16.0. The van der Waals surface area contributed by atoms with E-state index in [1.54, 1.807) is 30.0 Å². The zero-order valence-corrected chi connectivity index (χ0v) is 14.9. The summed E-state index contributed by atoms with van der Waals surface area (Å²) in [6.07, 6.45) is 0. The molecule has 1 aliphatic rings. The lowest BCUT2D eigenvalue weighted by Gasteiger charge is -2.07. The normalized spacial score (nSPS) is 14.0. The molecular weight excluding hydrogens is 381 g/mol. The van der Waals surface area contributed by atoms with Gasteiger partial charge in [0.05, 0.1) is 11.6 Å². The van der Waals surface area contributed by atoms with Crippen molar-refractivity contribution in [3.05, 3.63) is 33.1 Å². The van der Waals surface area contributed by atoms with Gasteiger partial charge in [0.25, 0.3) is 5.91 Å². The Balaban J connectivity index is 1.77. The van der Waals surface area contributed by atoms with Gasteiger partial charge < -0.3 is 5.32 Å². The van der Waals surface area contributed by atoms with Crippen LogP contribution in [0.25, 0.3) is 10.1 Å². The zero-order valence-electron chi connectivity index (χ0n) is 11.0. The number of nitrogens with one attached hydrogen (secondary N) is 2. The summed E-state index contributed by atoms with van der Waals surface area (Å²) in [7, 11) is 0. The minimum atomic E-state index is -0.344. The fraction of sp³-hybridized carbons (Fsp3) is 0.154. The Kier molecular flexibility index (Phi) is 4.89. The molecule has 4 nitrogen and oxygen atoms in total. The second-order valence-corrected chi connectivity index (χ2v) is 7.69. The summed E-state index contributed by atoms with van der Waals surface area (Å²) in [6.45, 7) is 0.756. The number of benzene rings is 1. The quantitative estimate of drug-likeness (QED) is 0.725. The number of aliphatic imine (C=N–C) groups is 1. The van der Waals surface area contributed by atoms with Crippen molar-refractivity contribution in [3.63, 3.8) is 0 Å². The highest BCUT2D eigenvalue weighted by molar-refractivity contribution is 8.14. The molecule has 1 aromatic heterocycles. The average molecular weight is 390 g/mol. The van der Waals surface area contributed by atoms with Gasteiger partial charge in [0, 0.05) is 20.9 Å². The van der Waals surface area contributed by atoms with Crippen LogP contribution in [0.5, 0.6) is 0 Å². The number of fused-ring (bicyclic) bond motifs is 1. The van der Waals surface area contributed by atoms with Crippen molar-refractivity contribution in [3.8, 4) is 0 Å². The number of carbonyl (C=O) groups is 1. The predicted octanol–water partition coefficient (Wildman–Crippen LogP) is 3.92. The summed E-state index contributed by atoms with van der Waals surface area (Å²) >= 11 is 20.2. The van der Waals surface area contributed by atoms with Crippen LogP contribution in [-0.4, -0.2) is 28.5 Å². The highest BCUT2D eigenvalue weighted by Crippen LogP contribution is 2.36. The Morgan fingerprint density at radius 3 is 2.91 bits per heavy atom. The lowest BCUT2D eigenvalue weighted by Crippen LogP contribution is -2.40. The van der Waals surface area contributed by atoms with Crippen LogP contribution in [0, 0.1) is 0 Å². The summed E-state index contributed by atoms with van der Waals surface area (Å²) in [4.78, 5) is 16.9. The van der Waals surface area contributed by atoms with Gasteiger partial charge in [-0.15, -0.1) is 11.3 Å². The standard InChI is InChI=1S/C13H9Cl2N3OS3/c14-6-1-2-7-8(5-6)22-10(9(7)15)11(19)17-12(20)18-13-16-3-4-21-13/h1-2,5H,3-4H2,(H2,16,17,18,19,20). The predicted molar refractivity (Wildman–Crippen MR) is 99.8 cm³/mol. The third-order valence-corrected chi connectivity index (χ3v) is 5.82. The molecule has 3 rings (SSSR count). The molecule has 0 atom stereocenters. The average Bonchev–Trinajstić information content (AvgIpc) is 3.07. The van der Waals surface area contributed by atoms with Crippen LogP contribution in [0.3, 0.4) is 0 Å². The highest BCUT2D eigenvalue weighted by atomic mass is 35.5. The molecule has 2 heterocycles. The number of hydrogen-bond donors (Lipinski definition) is 2. The van der Waals surface area contributed by atoms with E-state index < -0.39 is 0 Å². The lowest BCUT2D eigenvalue weighted by molar-refractivity contribution is 0.0981. The molecule has 2 N–H and O–H groups in total. The number of hydrogen-bond acceptors (Lipinski definition) is 5. The molecule has 0 spiro atoms. The van der Waals surface area contributed by atoms with Gasteiger partial charge >= 0.3 is 0 Å². The van der Waals surface area contributed by atoms with E-state index in [0.717, 1.165) is 27.6 Å². The molecule has 9 heteroatoms. The molecule has 0 saturated heterocycles. The second kappa shape index (κ2) is 6.72. The zero-order chi connectivity index (χ0) is 15.7. The monoisotopic (exact) mass is 389 g/mol. The Labute approximate surface area is 150 Å². The van der Waals surface area contributed by atoms with Gasteiger partial charge in [-0.05, 0) is 24.4 Å². The van der Waals surface area contributed by atoms with Crippen molar-refractivity contribution in [1.29, 1.82) is 0 Å². The van der Waals surface area contributed by atoms with Crippen LogP contribution >= 0.6 is 58.5 Å². The summed E-state index contributed by atoms with van der Waals surface area (Å²) < 4.78 is 0.859. The molecule has 0 saturated carbocycles. The van der Waals surface area contributed by atoms with E-state index in [4.69, 9.17) is 35.4 Å². The van der Waals surface area contributed by atoms with E-state index >= 15 is 0 Å². The van der Waals surface area contributed by atoms with Crippen LogP contribution in [0.15, 0.2) is 23.2 Å². The molecule has 0 fully saturated rings. The Morgan fingerprint density at radius 1 is 1.36 bits per heavy atom. The van der Waals surface area contributed by atoms with Gasteiger partial charge in [-0.3, -0.25) is 15.1 Å². The molecule has 0 unspecified atom stereocenters. The summed E-state index contributed by atoms with van der Waals surface area (Å²) in [5.74, 6) is 0.574. The first-order chi connectivity index (χ1) is 10.5. The minimum Gasteiger partial charge on any atom is -0.312 e. The van der Waals surface area contributed by atoms with E-state index in [9.17, 15) is 4.79 Å². The number of nitrogens with zero attached hydrogens (tertiary/aromatic N) is 1. The van der Waals surface area contributed by atoms with Gasteiger partial charge in [0.2, 0.25) is 0 Å². The first-order valence-electron chi connectivity index (χ1n) is 6.22. The van der Waals surface area contributed by atoms with Gasteiger partial charge in [-0.1, -0.05) is 41.0 Å². The number of thiophene rings is 1. The van der Waals surface area contributed by atoms with Gasteiger partial charge in [0.1, 0.15) is 4.88 Å². The van der Waals surface area contributed by atoms with Crippen molar-refractivity contribution in [1.82, 2.24) is 10.6 Å².